The topological polar surface area (TPSA) is 89.9 Å². The first-order valence-corrected chi connectivity index (χ1v) is 5.37. The van der Waals surface area contributed by atoms with Gasteiger partial charge in [0.05, 0.1) is 11.1 Å². The molecule has 0 spiro atoms. The van der Waals surface area contributed by atoms with E-state index in [1.54, 1.807) is 0 Å². The molecule has 5 nitrogen and oxygen atoms in total. The third-order valence-corrected chi connectivity index (χ3v) is 2.24. The highest BCUT2D eigenvalue weighted by atomic mass is 16.1. The number of hydrogen-bond acceptors (Lipinski definition) is 1. The van der Waals surface area contributed by atoms with Crippen LogP contribution in [0.15, 0.2) is 60.7 Å². The third-order valence-electron chi connectivity index (χ3n) is 2.24. The summed E-state index contributed by atoms with van der Waals surface area (Å²) < 4.78 is 0. The van der Waals surface area contributed by atoms with Crippen molar-refractivity contribution >= 4 is 11.8 Å². The van der Waals surface area contributed by atoms with Crippen molar-refractivity contribution in [3.63, 3.8) is 0 Å². The van der Waals surface area contributed by atoms with Crippen LogP contribution in [0.4, 0.5) is 0 Å². The van der Waals surface area contributed by atoms with Gasteiger partial charge in [-0.25, -0.2) is 0 Å². The lowest BCUT2D eigenvalue weighted by atomic mass is 10.0. The van der Waals surface area contributed by atoms with E-state index < -0.39 is 0 Å². The highest BCUT2D eigenvalue weighted by molar-refractivity contribution is 6.09. The molecule has 0 radical (unpaired) electrons. The summed E-state index contributed by atoms with van der Waals surface area (Å²) in [5.41, 5.74) is 18.5. The molecule has 0 aromatic heterocycles. The maximum atomic E-state index is 9.02. The maximum absolute atomic E-state index is 9.02. The van der Waals surface area contributed by atoms with Crippen LogP contribution in [0.25, 0.3) is 11.1 Å². The van der Waals surface area contributed by atoms with E-state index in [4.69, 9.17) is 15.9 Å². The summed E-state index contributed by atoms with van der Waals surface area (Å²) in [7, 11) is 0. The Bertz CT molecular complexity index is 584. The van der Waals surface area contributed by atoms with Crippen molar-refractivity contribution in [2.45, 2.75) is 0 Å². The van der Waals surface area contributed by atoms with E-state index in [1.807, 2.05) is 65.5 Å². The lowest BCUT2D eigenvalue weighted by Gasteiger charge is -1.95. The predicted molar refractivity (Wildman–Crippen MR) is 69.0 cm³/mol. The molecule has 0 aliphatic heterocycles. The van der Waals surface area contributed by atoms with Crippen LogP contribution in [0.1, 0.15) is 11.1 Å². The van der Waals surface area contributed by atoms with Crippen LogP contribution in [0.5, 0.6) is 0 Å². The van der Waals surface area contributed by atoms with Gasteiger partial charge >= 0.3 is 11.8 Å². The molecule has 2 rings (SSSR count). The van der Waals surface area contributed by atoms with E-state index in [0.29, 0.717) is 5.71 Å². The van der Waals surface area contributed by atoms with Crippen molar-refractivity contribution in [3.05, 3.63) is 82.9 Å². The van der Waals surface area contributed by atoms with Crippen molar-refractivity contribution in [2.75, 3.05) is 0 Å². The molecule has 5 heteroatoms. The molecule has 0 unspecified atom stereocenters. The van der Waals surface area contributed by atoms with Crippen molar-refractivity contribution in [3.8, 4) is 0 Å². The van der Waals surface area contributed by atoms with Crippen molar-refractivity contribution in [1.29, 1.82) is 0 Å². The van der Waals surface area contributed by atoms with E-state index in [2.05, 4.69) is 4.79 Å². The fourth-order valence-electron chi connectivity index (χ4n) is 1.47. The van der Waals surface area contributed by atoms with Crippen LogP contribution >= 0.6 is 0 Å². The lowest BCUT2D eigenvalue weighted by Crippen LogP contribution is -2.03. The van der Waals surface area contributed by atoms with E-state index in [1.165, 1.54) is 0 Å². The van der Waals surface area contributed by atoms with Crippen molar-refractivity contribution in [2.24, 2.45) is 0 Å². The molecule has 0 atom stereocenters. The van der Waals surface area contributed by atoms with Gasteiger partial charge < -0.3 is 11.1 Å². The quantitative estimate of drug-likeness (QED) is 0.348. The molecule has 0 saturated heterocycles. The molecule has 0 aliphatic carbocycles. The Kier molecular flexibility index (Phi) is 5.93. The summed E-state index contributed by atoms with van der Waals surface area (Å²) in [5, 5.41) is 0. The molecule has 0 saturated carbocycles. The first-order chi connectivity index (χ1) is 9.33. The molecule has 0 bridgehead atoms. The average molecular weight is 250 g/mol. The zero-order valence-electron chi connectivity index (χ0n) is 9.97. The second-order valence-corrected chi connectivity index (χ2v) is 3.37. The Labute approximate surface area is 110 Å². The van der Waals surface area contributed by atoms with Gasteiger partial charge in [-0.15, -0.1) is 4.79 Å². The van der Waals surface area contributed by atoms with Crippen LogP contribution in [0.3, 0.4) is 0 Å². The minimum absolute atomic E-state index is 0.594. The summed E-state index contributed by atoms with van der Waals surface area (Å²) in [6.45, 7) is 0. The molecule has 0 N–H and O–H groups in total. The summed E-state index contributed by atoms with van der Waals surface area (Å²) in [5.74, 6) is 0. The highest BCUT2D eigenvalue weighted by Gasteiger charge is 2.13. The second kappa shape index (κ2) is 8.07. The summed E-state index contributed by atoms with van der Waals surface area (Å²) >= 11 is 0. The Morgan fingerprint density at radius 1 is 0.842 bits per heavy atom. The van der Waals surface area contributed by atoms with Crippen molar-refractivity contribution in [1.82, 2.24) is 0 Å². The van der Waals surface area contributed by atoms with Gasteiger partial charge in [-0.05, 0) is 24.3 Å². The number of isocyanates is 1. The molecular weight excluding hydrogens is 240 g/mol. The normalized spacial score (nSPS) is 8.00. The standard InChI is InChI=1S/C13H10N2.CN2O/c14-15-13(11-7-3-1-4-8-11)12-9-5-2-6-10-12;2-3-1-4/h1-10H;. The second-order valence-electron chi connectivity index (χ2n) is 3.37. The molecule has 92 valence electrons. The average Bonchev–Trinajstić information content (AvgIpc) is 2.50. The first kappa shape index (κ1) is 14.0. The smallest absolute Gasteiger partial charge is 0.361 e. The Hall–Kier alpha value is -3.09. The Morgan fingerprint density at radius 3 is 1.47 bits per heavy atom. The van der Waals surface area contributed by atoms with Crippen LogP contribution in [-0.4, -0.2) is 21.4 Å². The summed E-state index contributed by atoms with van der Waals surface area (Å²) in [6, 6.07) is 19.2. The Morgan fingerprint density at radius 2 is 1.21 bits per heavy atom. The molecule has 0 amide bonds. The summed E-state index contributed by atoms with van der Waals surface area (Å²) in [4.78, 5) is 13.9. The minimum atomic E-state index is 0.594. The number of carbonyl (C=O) groups excluding carboxylic acids is 1. The number of benzene rings is 2. The lowest BCUT2D eigenvalue weighted by molar-refractivity contribution is -0.00466. The van der Waals surface area contributed by atoms with E-state index in [0.717, 1.165) is 17.2 Å². The number of rotatable bonds is 2. The Balaban J connectivity index is 0.000000399. The van der Waals surface area contributed by atoms with Crippen LogP contribution in [-0.2, 0) is 4.79 Å². The van der Waals surface area contributed by atoms with Gasteiger partial charge in [-0.3, -0.25) is 0 Å². The molecule has 2 aromatic rings. The fourth-order valence-corrected chi connectivity index (χ4v) is 1.47. The predicted octanol–water partition coefficient (Wildman–Crippen LogP) is 2.31. The SMILES string of the molecule is [N-]=[N+]=C(c1ccccc1)c1ccccc1.[N-]=[N+]=C=O. The molecule has 0 heterocycles. The largest absolute Gasteiger partial charge is 0.557 e. The number of hydrogen-bond donors (Lipinski definition) is 0. The van der Waals surface area contributed by atoms with Crippen molar-refractivity contribution < 1.29 is 14.4 Å². The fraction of sp³-hybridized carbons (Fsp3) is 0. The monoisotopic (exact) mass is 250 g/mol. The van der Waals surface area contributed by atoms with Crippen LogP contribution in [0, 0.1) is 0 Å². The van der Waals surface area contributed by atoms with Crippen LogP contribution < -0.4 is 0 Å². The van der Waals surface area contributed by atoms with Crippen LogP contribution in [0.2, 0.25) is 0 Å². The summed E-state index contributed by atoms with van der Waals surface area (Å²) in [6.07, 6.45) is 0.861. The van der Waals surface area contributed by atoms with Gasteiger partial charge in [-0.1, -0.05) is 41.2 Å². The molecule has 19 heavy (non-hydrogen) atoms. The maximum Gasteiger partial charge on any atom is 0.557 e. The molecule has 0 fully saturated rings. The van der Waals surface area contributed by atoms with E-state index in [9.17, 15) is 0 Å². The number of nitrogens with zero attached hydrogens (tertiary/aromatic N) is 4. The zero-order valence-corrected chi connectivity index (χ0v) is 9.97. The van der Waals surface area contributed by atoms with Gasteiger partial charge in [0.25, 0.3) is 0 Å². The van der Waals surface area contributed by atoms with Gasteiger partial charge in [0.1, 0.15) is 0 Å². The van der Waals surface area contributed by atoms with E-state index in [-0.39, 0.29) is 0 Å². The van der Waals surface area contributed by atoms with Gasteiger partial charge in [0.2, 0.25) is 0 Å². The third kappa shape index (κ3) is 4.35. The molecular formula is C14H10N4O. The molecule has 0 aliphatic rings. The first-order valence-electron chi connectivity index (χ1n) is 5.37. The van der Waals surface area contributed by atoms with E-state index >= 15 is 0 Å². The minimum Gasteiger partial charge on any atom is -0.361 e. The molecule has 2 aromatic carbocycles. The van der Waals surface area contributed by atoms with Gasteiger partial charge in [-0.2, -0.15) is 4.79 Å². The van der Waals surface area contributed by atoms with Gasteiger partial charge in [0, 0.05) is 0 Å². The highest BCUT2D eigenvalue weighted by Crippen LogP contribution is 2.08. The van der Waals surface area contributed by atoms with Gasteiger partial charge in [0.15, 0.2) is 0 Å². The zero-order chi connectivity index (χ0) is 13.9.